The van der Waals surface area contributed by atoms with E-state index in [1.165, 1.54) is 19.3 Å². The Labute approximate surface area is 86.3 Å². The maximum absolute atomic E-state index is 9.21. The molecule has 3 N–H and O–H groups in total. The third kappa shape index (κ3) is 1.95. The summed E-state index contributed by atoms with van der Waals surface area (Å²) in [5.74, 6) is 0. The fourth-order valence-corrected chi connectivity index (χ4v) is 2.77. The predicted molar refractivity (Wildman–Crippen MR) is 57.0 cm³/mol. The normalized spacial score (nSPS) is 38.1. The third-order valence-electron chi connectivity index (χ3n) is 3.78. The van der Waals surface area contributed by atoms with E-state index in [0.717, 1.165) is 25.4 Å². The summed E-state index contributed by atoms with van der Waals surface area (Å²) in [6.45, 7) is 3.51. The molecule has 0 aliphatic heterocycles. The molecule has 2 aliphatic carbocycles. The fraction of sp³-hybridized carbons (Fsp3) is 1.00. The molecule has 2 rings (SSSR count). The molecule has 0 bridgehead atoms. The van der Waals surface area contributed by atoms with Gasteiger partial charge in [0.2, 0.25) is 0 Å². The molecule has 0 amide bonds. The number of rotatable bonds is 4. The molecule has 0 aromatic carbocycles. The number of aliphatic hydroxyl groups excluding tert-OH is 1. The summed E-state index contributed by atoms with van der Waals surface area (Å²) in [6, 6.07) is 1.45. The summed E-state index contributed by atoms with van der Waals surface area (Å²) >= 11 is 0. The van der Waals surface area contributed by atoms with Gasteiger partial charge in [0.05, 0.1) is 6.61 Å². The van der Waals surface area contributed by atoms with E-state index in [1.807, 2.05) is 0 Å². The highest BCUT2D eigenvalue weighted by atomic mass is 16.3. The van der Waals surface area contributed by atoms with Crippen LogP contribution in [-0.2, 0) is 0 Å². The van der Waals surface area contributed by atoms with Crippen LogP contribution in [0.4, 0.5) is 0 Å². The van der Waals surface area contributed by atoms with E-state index in [0.29, 0.717) is 6.04 Å². The quantitative estimate of drug-likeness (QED) is 0.699. The van der Waals surface area contributed by atoms with Crippen molar-refractivity contribution >= 4 is 0 Å². The molecule has 2 fully saturated rings. The van der Waals surface area contributed by atoms with Gasteiger partial charge in [-0.3, -0.25) is 4.90 Å². The van der Waals surface area contributed by atoms with Crippen LogP contribution in [0, 0.1) is 0 Å². The predicted octanol–water partition coefficient (Wildman–Crippen LogP) is 0.713. The van der Waals surface area contributed by atoms with Gasteiger partial charge in [-0.1, -0.05) is 6.92 Å². The molecule has 2 saturated carbocycles. The van der Waals surface area contributed by atoms with E-state index in [9.17, 15) is 5.11 Å². The summed E-state index contributed by atoms with van der Waals surface area (Å²) in [7, 11) is 0. The molecule has 0 saturated heterocycles. The van der Waals surface area contributed by atoms with Crippen LogP contribution in [0.5, 0.6) is 0 Å². The van der Waals surface area contributed by atoms with Gasteiger partial charge in [0, 0.05) is 17.6 Å². The van der Waals surface area contributed by atoms with Gasteiger partial charge < -0.3 is 10.8 Å². The van der Waals surface area contributed by atoms with Crippen LogP contribution in [0.2, 0.25) is 0 Å². The van der Waals surface area contributed by atoms with Crippen LogP contribution in [0.3, 0.4) is 0 Å². The minimum Gasteiger partial charge on any atom is -0.394 e. The zero-order chi connectivity index (χ0) is 10.2. The Morgan fingerprint density at radius 2 is 2.07 bits per heavy atom. The maximum atomic E-state index is 9.21. The molecule has 82 valence electrons. The summed E-state index contributed by atoms with van der Waals surface area (Å²) in [5, 5.41) is 9.21. The van der Waals surface area contributed by atoms with E-state index < -0.39 is 0 Å². The van der Waals surface area contributed by atoms with Crippen molar-refractivity contribution in [2.45, 2.75) is 56.7 Å². The Balaban J connectivity index is 1.92. The monoisotopic (exact) mass is 198 g/mol. The Bertz CT molecular complexity index is 205. The standard InChI is InChI=1S/C11H22N2O/c1-2-13(9-3-4-9)10-5-6-11(12,7-10)8-14/h9-10,14H,2-8,12H2,1H3. The highest BCUT2D eigenvalue weighted by Gasteiger charge is 2.41. The Hall–Kier alpha value is -0.120. The minimum atomic E-state index is -0.285. The van der Waals surface area contributed by atoms with Crippen molar-refractivity contribution in [2.24, 2.45) is 5.73 Å². The minimum absolute atomic E-state index is 0.145. The SMILES string of the molecule is CCN(C1CC1)C1CCC(N)(CO)C1. The van der Waals surface area contributed by atoms with E-state index in [-0.39, 0.29) is 12.1 Å². The number of hydrogen-bond donors (Lipinski definition) is 2. The first kappa shape index (κ1) is 10.4. The van der Waals surface area contributed by atoms with Gasteiger partial charge >= 0.3 is 0 Å². The lowest BCUT2D eigenvalue weighted by Gasteiger charge is -2.29. The molecule has 0 aromatic rings. The summed E-state index contributed by atoms with van der Waals surface area (Å²) in [5.41, 5.74) is 5.80. The third-order valence-corrected chi connectivity index (χ3v) is 3.78. The van der Waals surface area contributed by atoms with Crippen LogP contribution in [0.1, 0.15) is 39.0 Å². The summed E-state index contributed by atoms with van der Waals surface area (Å²) < 4.78 is 0. The lowest BCUT2D eigenvalue weighted by atomic mass is 10.0. The van der Waals surface area contributed by atoms with Crippen LogP contribution >= 0.6 is 0 Å². The Morgan fingerprint density at radius 1 is 1.36 bits per heavy atom. The fourth-order valence-electron chi connectivity index (χ4n) is 2.77. The van der Waals surface area contributed by atoms with Crippen molar-refractivity contribution in [3.8, 4) is 0 Å². The number of nitrogens with two attached hydrogens (primary N) is 1. The van der Waals surface area contributed by atoms with Gasteiger partial charge in [0.1, 0.15) is 0 Å². The summed E-state index contributed by atoms with van der Waals surface area (Å²) in [6.07, 6.45) is 5.86. The molecule has 0 radical (unpaired) electrons. The smallest absolute Gasteiger partial charge is 0.0611 e. The van der Waals surface area contributed by atoms with Gasteiger partial charge in [-0.2, -0.15) is 0 Å². The van der Waals surface area contributed by atoms with Crippen molar-refractivity contribution in [1.82, 2.24) is 4.90 Å². The van der Waals surface area contributed by atoms with E-state index >= 15 is 0 Å². The average Bonchev–Trinajstić information content (AvgIpc) is 2.93. The lowest BCUT2D eigenvalue weighted by molar-refractivity contribution is 0.165. The number of nitrogens with zero attached hydrogens (tertiary/aromatic N) is 1. The van der Waals surface area contributed by atoms with Gasteiger partial charge in [-0.05, 0) is 38.6 Å². The average molecular weight is 198 g/mol. The van der Waals surface area contributed by atoms with Gasteiger partial charge in [-0.15, -0.1) is 0 Å². The summed E-state index contributed by atoms with van der Waals surface area (Å²) in [4.78, 5) is 2.59. The molecule has 0 spiro atoms. The first-order valence-corrected chi connectivity index (χ1v) is 5.84. The second kappa shape index (κ2) is 3.80. The number of aliphatic hydroxyl groups is 1. The molecule has 2 atom stereocenters. The van der Waals surface area contributed by atoms with Gasteiger partial charge in [0.25, 0.3) is 0 Å². The highest BCUT2D eigenvalue weighted by molar-refractivity contribution is 4.99. The second-order valence-electron chi connectivity index (χ2n) is 4.98. The molecule has 0 heterocycles. The van der Waals surface area contributed by atoms with Crippen LogP contribution in [0.15, 0.2) is 0 Å². The molecule has 3 nitrogen and oxygen atoms in total. The van der Waals surface area contributed by atoms with Crippen LogP contribution in [-0.4, -0.2) is 40.8 Å². The zero-order valence-electron chi connectivity index (χ0n) is 9.08. The van der Waals surface area contributed by atoms with Gasteiger partial charge in [0.15, 0.2) is 0 Å². The largest absolute Gasteiger partial charge is 0.394 e. The Kier molecular flexibility index (Phi) is 2.82. The van der Waals surface area contributed by atoms with E-state index in [4.69, 9.17) is 5.73 Å². The van der Waals surface area contributed by atoms with Crippen molar-refractivity contribution in [2.75, 3.05) is 13.2 Å². The van der Waals surface area contributed by atoms with E-state index in [2.05, 4.69) is 11.8 Å². The molecular formula is C11H22N2O. The first-order chi connectivity index (χ1) is 6.68. The number of hydrogen-bond acceptors (Lipinski definition) is 3. The first-order valence-electron chi connectivity index (χ1n) is 5.84. The second-order valence-corrected chi connectivity index (χ2v) is 4.98. The molecule has 14 heavy (non-hydrogen) atoms. The van der Waals surface area contributed by atoms with Crippen molar-refractivity contribution in [3.63, 3.8) is 0 Å². The zero-order valence-corrected chi connectivity index (χ0v) is 9.08. The molecular weight excluding hydrogens is 176 g/mol. The maximum Gasteiger partial charge on any atom is 0.0611 e. The van der Waals surface area contributed by atoms with Crippen molar-refractivity contribution in [3.05, 3.63) is 0 Å². The molecule has 2 unspecified atom stereocenters. The van der Waals surface area contributed by atoms with Crippen molar-refractivity contribution in [1.29, 1.82) is 0 Å². The van der Waals surface area contributed by atoms with E-state index in [1.54, 1.807) is 0 Å². The molecule has 0 aromatic heterocycles. The Morgan fingerprint density at radius 3 is 2.50 bits per heavy atom. The molecule has 2 aliphatic rings. The van der Waals surface area contributed by atoms with Crippen molar-refractivity contribution < 1.29 is 5.11 Å². The lowest BCUT2D eigenvalue weighted by Crippen LogP contribution is -2.44. The van der Waals surface area contributed by atoms with Crippen LogP contribution in [0.25, 0.3) is 0 Å². The molecule has 3 heteroatoms. The highest BCUT2D eigenvalue weighted by Crippen LogP contribution is 2.37. The van der Waals surface area contributed by atoms with Gasteiger partial charge in [-0.25, -0.2) is 0 Å². The van der Waals surface area contributed by atoms with Crippen LogP contribution < -0.4 is 5.73 Å². The topological polar surface area (TPSA) is 49.5 Å².